The molecule has 0 aliphatic heterocycles. The molecule has 1 saturated carbocycles. The van der Waals surface area contributed by atoms with Gasteiger partial charge in [-0.2, -0.15) is 0 Å². The van der Waals surface area contributed by atoms with Crippen molar-refractivity contribution in [3.05, 3.63) is 53.8 Å². The largest absolute Gasteiger partial charge is 0.383 e. The molecule has 0 amide bonds. The van der Waals surface area contributed by atoms with Crippen molar-refractivity contribution in [2.24, 2.45) is 0 Å². The van der Waals surface area contributed by atoms with Gasteiger partial charge < -0.3 is 5.32 Å². The van der Waals surface area contributed by atoms with Crippen LogP contribution in [-0.4, -0.2) is 35.9 Å². The normalized spacial score (nSPS) is 17.1. The van der Waals surface area contributed by atoms with E-state index in [9.17, 15) is 21.2 Å². The summed E-state index contributed by atoms with van der Waals surface area (Å²) in [6.45, 7) is 0.442. The van der Waals surface area contributed by atoms with E-state index >= 15 is 0 Å². The van der Waals surface area contributed by atoms with Crippen LogP contribution >= 0.6 is 0 Å². The Balaban J connectivity index is 1.98. The Morgan fingerprint density at radius 3 is 2.21 bits per heavy atom. The Morgan fingerprint density at radius 2 is 1.62 bits per heavy atom. The highest BCUT2D eigenvalue weighted by molar-refractivity contribution is 7.91. The van der Waals surface area contributed by atoms with Crippen LogP contribution in [0, 0.1) is 5.82 Å². The molecule has 0 radical (unpaired) electrons. The van der Waals surface area contributed by atoms with E-state index in [4.69, 9.17) is 0 Å². The third kappa shape index (κ3) is 4.98. The Morgan fingerprint density at radius 1 is 0.931 bits per heavy atom. The minimum atomic E-state index is -3.65. The summed E-state index contributed by atoms with van der Waals surface area (Å²) >= 11 is 0. The number of nitrogens with one attached hydrogen (secondary N) is 1. The molecule has 158 valence electrons. The van der Waals surface area contributed by atoms with Crippen LogP contribution in [0.5, 0.6) is 0 Å². The second kappa shape index (κ2) is 8.07. The number of hydrogen-bond acceptors (Lipinski definition) is 5. The van der Waals surface area contributed by atoms with Gasteiger partial charge in [0.15, 0.2) is 19.7 Å². The number of anilines is 1. The predicted octanol–water partition coefficient (Wildman–Crippen LogP) is 3.95. The van der Waals surface area contributed by atoms with E-state index in [1.807, 2.05) is 6.07 Å². The first-order valence-electron chi connectivity index (χ1n) is 9.55. The third-order valence-corrected chi connectivity index (χ3v) is 7.89. The Kier molecular flexibility index (Phi) is 6.06. The maximum absolute atomic E-state index is 13.9. The molecular formula is C21H26FNO4S2. The molecule has 1 aliphatic rings. The molecule has 0 unspecified atom stereocenters. The van der Waals surface area contributed by atoms with Gasteiger partial charge in [-0.1, -0.05) is 31.4 Å². The molecule has 0 bridgehead atoms. The SMILES string of the molecule is CS(=O)(=O)c1ccc(NCC2(c3cccc(F)c3)CCCCC2)c(S(C)(=O)=O)c1. The summed E-state index contributed by atoms with van der Waals surface area (Å²) in [7, 11) is -7.18. The molecule has 0 spiro atoms. The van der Waals surface area contributed by atoms with Crippen LogP contribution in [0.2, 0.25) is 0 Å². The second-order valence-electron chi connectivity index (χ2n) is 7.91. The van der Waals surface area contributed by atoms with Crippen LogP contribution in [0.25, 0.3) is 0 Å². The van der Waals surface area contributed by atoms with Crippen LogP contribution in [0.3, 0.4) is 0 Å². The molecule has 1 fully saturated rings. The van der Waals surface area contributed by atoms with E-state index in [2.05, 4.69) is 5.32 Å². The summed E-state index contributed by atoms with van der Waals surface area (Å²) in [6.07, 6.45) is 7.01. The van der Waals surface area contributed by atoms with Crippen LogP contribution in [-0.2, 0) is 25.1 Å². The lowest BCUT2D eigenvalue weighted by Crippen LogP contribution is -2.37. The zero-order chi connectivity index (χ0) is 21.3. The van der Waals surface area contributed by atoms with E-state index in [-0.39, 0.29) is 21.0 Å². The fourth-order valence-corrected chi connectivity index (χ4v) is 5.67. The van der Waals surface area contributed by atoms with Gasteiger partial charge in [-0.15, -0.1) is 0 Å². The lowest BCUT2D eigenvalue weighted by atomic mass is 9.69. The highest BCUT2D eigenvalue weighted by Crippen LogP contribution is 2.40. The van der Waals surface area contributed by atoms with Crippen molar-refractivity contribution in [2.75, 3.05) is 24.4 Å². The number of benzene rings is 2. The average Bonchev–Trinajstić information content (AvgIpc) is 2.65. The van der Waals surface area contributed by atoms with E-state index in [0.717, 1.165) is 50.2 Å². The molecule has 0 saturated heterocycles. The quantitative estimate of drug-likeness (QED) is 0.737. The standard InChI is InChI=1S/C21H26FNO4S2/c1-28(24,25)18-9-10-19(20(14-18)29(2,26)27)23-15-21(11-4-3-5-12-21)16-7-6-8-17(22)13-16/h6-10,13-14,23H,3-5,11-12,15H2,1-2H3. The maximum Gasteiger partial charge on any atom is 0.177 e. The number of halogens is 1. The molecule has 3 rings (SSSR count). The Bertz CT molecular complexity index is 1110. The molecule has 2 aromatic carbocycles. The van der Waals surface area contributed by atoms with Crippen molar-refractivity contribution >= 4 is 25.4 Å². The van der Waals surface area contributed by atoms with Crippen LogP contribution in [0.4, 0.5) is 10.1 Å². The van der Waals surface area contributed by atoms with Crippen molar-refractivity contribution in [2.45, 2.75) is 47.3 Å². The van der Waals surface area contributed by atoms with E-state index < -0.39 is 19.7 Å². The minimum absolute atomic E-state index is 0.0408. The highest BCUT2D eigenvalue weighted by atomic mass is 32.2. The van der Waals surface area contributed by atoms with Crippen molar-refractivity contribution in [1.29, 1.82) is 0 Å². The van der Waals surface area contributed by atoms with Crippen LogP contribution in [0.1, 0.15) is 37.7 Å². The minimum Gasteiger partial charge on any atom is -0.383 e. The fraction of sp³-hybridized carbons (Fsp3) is 0.429. The lowest BCUT2D eigenvalue weighted by Gasteiger charge is -2.38. The van der Waals surface area contributed by atoms with Crippen LogP contribution < -0.4 is 5.32 Å². The van der Waals surface area contributed by atoms with Gasteiger partial charge in [-0.05, 0) is 48.7 Å². The van der Waals surface area contributed by atoms with Crippen molar-refractivity contribution in [1.82, 2.24) is 0 Å². The number of hydrogen-bond donors (Lipinski definition) is 1. The zero-order valence-corrected chi connectivity index (χ0v) is 18.2. The molecular weight excluding hydrogens is 413 g/mol. The monoisotopic (exact) mass is 439 g/mol. The molecule has 8 heteroatoms. The van der Waals surface area contributed by atoms with Crippen molar-refractivity contribution < 1.29 is 21.2 Å². The first-order chi connectivity index (χ1) is 13.5. The van der Waals surface area contributed by atoms with Crippen molar-refractivity contribution in [3.8, 4) is 0 Å². The molecule has 29 heavy (non-hydrogen) atoms. The van der Waals surface area contributed by atoms with E-state index in [0.29, 0.717) is 12.2 Å². The zero-order valence-electron chi connectivity index (χ0n) is 16.6. The summed E-state index contributed by atoms with van der Waals surface area (Å²) in [5, 5.41) is 3.23. The van der Waals surface area contributed by atoms with Crippen molar-refractivity contribution in [3.63, 3.8) is 0 Å². The lowest BCUT2D eigenvalue weighted by molar-refractivity contribution is 0.307. The molecule has 0 heterocycles. The summed E-state index contributed by atoms with van der Waals surface area (Å²) in [6, 6.07) is 10.7. The smallest absolute Gasteiger partial charge is 0.177 e. The van der Waals surface area contributed by atoms with Gasteiger partial charge in [0.25, 0.3) is 0 Å². The Labute approximate surface area is 172 Å². The first kappa shape index (κ1) is 21.8. The molecule has 0 atom stereocenters. The summed E-state index contributed by atoms with van der Waals surface area (Å²) in [5.41, 5.74) is 0.963. The number of sulfone groups is 2. The van der Waals surface area contributed by atoms with Gasteiger partial charge in [0.1, 0.15) is 5.82 Å². The van der Waals surface area contributed by atoms with Gasteiger partial charge in [0.05, 0.1) is 15.5 Å². The third-order valence-electron chi connectivity index (χ3n) is 5.65. The molecule has 1 aliphatic carbocycles. The molecule has 0 aromatic heterocycles. The molecule has 1 N–H and O–H groups in total. The van der Waals surface area contributed by atoms with Gasteiger partial charge >= 0.3 is 0 Å². The average molecular weight is 440 g/mol. The van der Waals surface area contributed by atoms with E-state index in [1.54, 1.807) is 12.1 Å². The summed E-state index contributed by atoms with van der Waals surface area (Å²) in [4.78, 5) is -0.0911. The van der Waals surface area contributed by atoms with Crippen LogP contribution in [0.15, 0.2) is 52.3 Å². The van der Waals surface area contributed by atoms with Gasteiger partial charge in [0.2, 0.25) is 0 Å². The van der Waals surface area contributed by atoms with E-state index in [1.165, 1.54) is 24.3 Å². The highest BCUT2D eigenvalue weighted by Gasteiger charge is 2.34. The maximum atomic E-state index is 13.9. The van der Waals surface area contributed by atoms with Gasteiger partial charge in [-0.25, -0.2) is 21.2 Å². The van der Waals surface area contributed by atoms with Gasteiger partial charge in [-0.3, -0.25) is 0 Å². The topological polar surface area (TPSA) is 80.3 Å². The summed E-state index contributed by atoms with van der Waals surface area (Å²) < 4.78 is 62.2. The molecule has 2 aromatic rings. The van der Waals surface area contributed by atoms with Gasteiger partial charge in [0, 0.05) is 24.5 Å². The fourth-order valence-electron chi connectivity index (χ4n) is 4.06. The first-order valence-corrected chi connectivity index (χ1v) is 13.3. The second-order valence-corrected chi connectivity index (χ2v) is 11.9. The Hall–Kier alpha value is -1.93. The summed E-state index contributed by atoms with van der Waals surface area (Å²) in [5.74, 6) is -0.290. The predicted molar refractivity (Wildman–Crippen MR) is 112 cm³/mol. The number of rotatable bonds is 6. The molecule has 5 nitrogen and oxygen atoms in total.